The Morgan fingerprint density at radius 3 is 2.67 bits per heavy atom. The summed E-state index contributed by atoms with van der Waals surface area (Å²) in [4.78, 5) is 25.9. The van der Waals surface area contributed by atoms with Gasteiger partial charge in [0.25, 0.3) is 11.8 Å². The lowest BCUT2D eigenvalue weighted by molar-refractivity contribution is 0.0949. The molecule has 2 amide bonds. The van der Waals surface area contributed by atoms with Gasteiger partial charge in [-0.25, -0.2) is 0 Å². The van der Waals surface area contributed by atoms with Crippen molar-refractivity contribution >= 4 is 11.8 Å². The Kier molecular flexibility index (Phi) is 3.79. The largest absolute Gasteiger partial charge is 0.364 e. The van der Waals surface area contributed by atoms with Crippen molar-refractivity contribution in [3.63, 3.8) is 0 Å². The molecule has 0 spiro atoms. The molecule has 0 aromatic carbocycles. The Morgan fingerprint density at radius 2 is 2.20 bits per heavy atom. The second-order valence-electron chi connectivity index (χ2n) is 3.05. The molecule has 0 unspecified atom stereocenters. The summed E-state index contributed by atoms with van der Waals surface area (Å²) in [5.74, 6) is -0.795. The number of nitrogens with zero attached hydrogens (tertiary/aromatic N) is 1. The van der Waals surface area contributed by atoms with Crippen LogP contribution in [0.15, 0.2) is 18.3 Å². The number of nitrogens with two attached hydrogens (primary N) is 1. The number of nitrogens with one attached hydrogen (secondary N) is 1. The van der Waals surface area contributed by atoms with E-state index in [1.165, 1.54) is 18.3 Å². The van der Waals surface area contributed by atoms with E-state index in [2.05, 4.69) is 10.3 Å². The molecule has 0 saturated carbocycles. The van der Waals surface area contributed by atoms with E-state index in [1.54, 1.807) is 0 Å². The number of amides is 2. The third-order valence-electron chi connectivity index (χ3n) is 1.81. The van der Waals surface area contributed by atoms with Crippen LogP contribution in [0.2, 0.25) is 0 Å². The van der Waals surface area contributed by atoms with Crippen LogP contribution >= 0.6 is 0 Å². The second-order valence-corrected chi connectivity index (χ2v) is 3.05. The fraction of sp³-hybridized carbons (Fsp3) is 0.300. The van der Waals surface area contributed by atoms with Crippen molar-refractivity contribution in [2.45, 2.75) is 13.3 Å². The molecule has 0 aliphatic carbocycles. The van der Waals surface area contributed by atoms with E-state index in [0.29, 0.717) is 12.1 Å². The zero-order valence-electron chi connectivity index (χ0n) is 8.49. The second kappa shape index (κ2) is 5.09. The SMILES string of the molecule is CCCNC(=O)c1ccc(C(N)=O)nc1. The molecule has 1 aromatic rings. The molecule has 3 N–H and O–H groups in total. The number of rotatable bonds is 4. The zero-order chi connectivity index (χ0) is 11.3. The lowest BCUT2D eigenvalue weighted by atomic mass is 10.2. The van der Waals surface area contributed by atoms with Gasteiger partial charge >= 0.3 is 0 Å². The lowest BCUT2D eigenvalue weighted by Crippen LogP contribution is -2.24. The standard InChI is InChI=1S/C10H13N3O2/c1-2-5-12-10(15)7-3-4-8(9(11)14)13-6-7/h3-4,6H,2,5H2,1H3,(H2,11,14)(H,12,15). The fourth-order valence-electron chi connectivity index (χ4n) is 1.01. The van der Waals surface area contributed by atoms with Crippen LogP contribution < -0.4 is 11.1 Å². The highest BCUT2D eigenvalue weighted by molar-refractivity contribution is 5.95. The number of carbonyl (C=O) groups excluding carboxylic acids is 2. The highest BCUT2D eigenvalue weighted by Gasteiger charge is 2.06. The van der Waals surface area contributed by atoms with Gasteiger partial charge in [0.1, 0.15) is 5.69 Å². The van der Waals surface area contributed by atoms with Crippen LogP contribution in [0, 0.1) is 0 Å². The monoisotopic (exact) mass is 207 g/mol. The normalized spacial score (nSPS) is 9.67. The van der Waals surface area contributed by atoms with Crippen LogP contribution in [0.25, 0.3) is 0 Å². The van der Waals surface area contributed by atoms with Crippen LogP contribution in [0.1, 0.15) is 34.2 Å². The van der Waals surface area contributed by atoms with Crippen molar-refractivity contribution in [3.05, 3.63) is 29.6 Å². The number of carbonyl (C=O) groups is 2. The van der Waals surface area contributed by atoms with Crippen molar-refractivity contribution in [2.24, 2.45) is 5.73 Å². The summed E-state index contributed by atoms with van der Waals surface area (Å²) >= 11 is 0. The average Bonchev–Trinajstić information content (AvgIpc) is 2.26. The van der Waals surface area contributed by atoms with E-state index in [4.69, 9.17) is 5.73 Å². The predicted molar refractivity (Wildman–Crippen MR) is 55.4 cm³/mol. The summed E-state index contributed by atoms with van der Waals surface area (Å²) in [5, 5.41) is 2.70. The highest BCUT2D eigenvalue weighted by Crippen LogP contribution is 1.99. The van der Waals surface area contributed by atoms with Crippen molar-refractivity contribution in [1.29, 1.82) is 0 Å². The summed E-state index contributed by atoms with van der Waals surface area (Å²) in [6.07, 6.45) is 2.21. The van der Waals surface area contributed by atoms with Crippen molar-refractivity contribution in [1.82, 2.24) is 10.3 Å². The number of pyridine rings is 1. The molecule has 5 nitrogen and oxygen atoms in total. The molecule has 1 heterocycles. The van der Waals surface area contributed by atoms with Gasteiger partial charge in [-0.15, -0.1) is 0 Å². The maximum Gasteiger partial charge on any atom is 0.267 e. The molecular formula is C10H13N3O2. The Balaban J connectivity index is 2.71. The third kappa shape index (κ3) is 3.05. The first-order valence-electron chi connectivity index (χ1n) is 4.69. The minimum Gasteiger partial charge on any atom is -0.364 e. The van der Waals surface area contributed by atoms with Crippen LogP contribution in [0.5, 0.6) is 0 Å². The molecule has 0 bridgehead atoms. The number of aromatic nitrogens is 1. The van der Waals surface area contributed by atoms with E-state index in [9.17, 15) is 9.59 Å². The maximum absolute atomic E-state index is 11.4. The minimum absolute atomic E-state index is 0.155. The fourth-order valence-corrected chi connectivity index (χ4v) is 1.01. The molecule has 0 radical (unpaired) electrons. The molecule has 5 heteroatoms. The summed E-state index contributed by atoms with van der Waals surface area (Å²) in [5.41, 5.74) is 5.60. The predicted octanol–water partition coefficient (Wildman–Crippen LogP) is 0.320. The molecule has 0 fully saturated rings. The van der Waals surface area contributed by atoms with Crippen molar-refractivity contribution < 1.29 is 9.59 Å². The van der Waals surface area contributed by atoms with Gasteiger partial charge in [0, 0.05) is 12.7 Å². The van der Waals surface area contributed by atoms with Gasteiger partial charge < -0.3 is 11.1 Å². The number of primary amides is 1. The zero-order valence-corrected chi connectivity index (χ0v) is 8.49. The summed E-state index contributed by atoms with van der Waals surface area (Å²) in [6, 6.07) is 2.96. The van der Waals surface area contributed by atoms with Crippen molar-refractivity contribution in [2.75, 3.05) is 6.54 Å². The van der Waals surface area contributed by atoms with E-state index < -0.39 is 5.91 Å². The summed E-state index contributed by atoms with van der Waals surface area (Å²) in [6.45, 7) is 2.59. The van der Waals surface area contributed by atoms with Gasteiger partial charge in [0.05, 0.1) is 5.56 Å². The first-order chi connectivity index (χ1) is 7.15. The van der Waals surface area contributed by atoms with Crippen LogP contribution in [0.4, 0.5) is 0 Å². The Hall–Kier alpha value is -1.91. The van der Waals surface area contributed by atoms with Gasteiger partial charge in [0.15, 0.2) is 0 Å². The summed E-state index contributed by atoms with van der Waals surface area (Å²) in [7, 11) is 0. The van der Waals surface area contributed by atoms with Crippen LogP contribution in [-0.2, 0) is 0 Å². The van der Waals surface area contributed by atoms with Gasteiger partial charge in [0.2, 0.25) is 0 Å². The van der Waals surface area contributed by atoms with E-state index in [-0.39, 0.29) is 11.6 Å². The van der Waals surface area contributed by atoms with Gasteiger partial charge in [-0.3, -0.25) is 14.6 Å². The average molecular weight is 207 g/mol. The molecule has 1 aromatic heterocycles. The Morgan fingerprint density at radius 1 is 1.47 bits per heavy atom. The van der Waals surface area contributed by atoms with Gasteiger partial charge in [-0.1, -0.05) is 6.92 Å². The topological polar surface area (TPSA) is 85.1 Å². The van der Waals surface area contributed by atoms with Crippen molar-refractivity contribution in [3.8, 4) is 0 Å². The van der Waals surface area contributed by atoms with Gasteiger partial charge in [-0.2, -0.15) is 0 Å². The molecular weight excluding hydrogens is 194 g/mol. The maximum atomic E-state index is 11.4. The third-order valence-corrected chi connectivity index (χ3v) is 1.81. The molecule has 0 aliphatic heterocycles. The molecule has 80 valence electrons. The Labute approximate surface area is 87.7 Å². The van der Waals surface area contributed by atoms with E-state index in [0.717, 1.165) is 6.42 Å². The van der Waals surface area contributed by atoms with E-state index >= 15 is 0 Å². The lowest BCUT2D eigenvalue weighted by Gasteiger charge is -2.02. The van der Waals surface area contributed by atoms with E-state index in [1.807, 2.05) is 6.92 Å². The van der Waals surface area contributed by atoms with Crippen LogP contribution in [0.3, 0.4) is 0 Å². The number of hydrogen-bond donors (Lipinski definition) is 2. The molecule has 0 atom stereocenters. The van der Waals surface area contributed by atoms with Crippen LogP contribution in [-0.4, -0.2) is 23.3 Å². The quantitative estimate of drug-likeness (QED) is 0.745. The first kappa shape index (κ1) is 11.2. The molecule has 1 rings (SSSR count). The minimum atomic E-state index is -0.601. The Bertz CT molecular complexity index is 359. The smallest absolute Gasteiger partial charge is 0.267 e. The number of hydrogen-bond acceptors (Lipinski definition) is 3. The van der Waals surface area contributed by atoms with Gasteiger partial charge in [-0.05, 0) is 18.6 Å². The molecule has 0 aliphatic rings. The molecule has 0 saturated heterocycles. The summed E-state index contributed by atoms with van der Waals surface area (Å²) < 4.78 is 0. The molecule has 15 heavy (non-hydrogen) atoms. The first-order valence-corrected chi connectivity index (χ1v) is 4.69. The highest BCUT2D eigenvalue weighted by atomic mass is 16.2.